The Balaban J connectivity index is 0.00000312. The van der Waals surface area contributed by atoms with Crippen molar-refractivity contribution >= 4 is 28.2 Å². The number of hydrogen-bond donors (Lipinski definition) is 2. The summed E-state index contributed by atoms with van der Waals surface area (Å²) in [5.74, 6) is -1.73. The molecule has 9 heteroatoms. The highest BCUT2D eigenvalue weighted by Crippen LogP contribution is 2.15. The molecule has 6 nitrogen and oxygen atoms in total. The molecule has 1 aromatic rings. The van der Waals surface area contributed by atoms with Crippen LogP contribution in [0.25, 0.3) is 0 Å². The van der Waals surface area contributed by atoms with E-state index in [0.29, 0.717) is 6.54 Å². The van der Waals surface area contributed by atoms with Gasteiger partial charge in [-0.3, -0.25) is 9.69 Å². The maximum atomic E-state index is 12.9. The number of halogens is 2. The topological polar surface area (TPSA) is 78.5 Å². The quantitative estimate of drug-likeness (QED) is 0.666. The Morgan fingerprint density at radius 2 is 1.88 bits per heavy atom. The lowest BCUT2D eigenvalue weighted by Gasteiger charge is -2.27. The third kappa shape index (κ3) is 6.89. The third-order valence-electron chi connectivity index (χ3n) is 4.03. The van der Waals surface area contributed by atoms with Gasteiger partial charge in [-0.1, -0.05) is 6.92 Å². The van der Waals surface area contributed by atoms with E-state index in [4.69, 9.17) is 0 Å². The summed E-state index contributed by atoms with van der Waals surface area (Å²) in [6.45, 7) is 6.63. The van der Waals surface area contributed by atoms with Gasteiger partial charge in [0.1, 0.15) is 5.82 Å². The first-order valence-corrected chi connectivity index (χ1v) is 9.73. The van der Waals surface area contributed by atoms with Crippen molar-refractivity contribution in [2.24, 2.45) is 5.92 Å². The first-order chi connectivity index (χ1) is 11.4. The minimum atomic E-state index is -3.61. The molecule has 0 bridgehead atoms. The Kier molecular flexibility index (Phi) is 8.78. The third-order valence-corrected chi connectivity index (χ3v) is 5.96. The largest absolute Gasteiger partial charge is 0.355 e. The van der Waals surface area contributed by atoms with Gasteiger partial charge in [-0.25, -0.2) is 12.8 Å². The number of nitrogens with zero attached hydrogens (tertiary/aromatic N) is 1. The molecule has 0 saturated carbocycles. The fourth-order valence-electron chi connectivity index (χ4n) is 2.59. The first kappa shape index (κ1) is 21.8. The molecule has 1 amide bonds. The smallest absolute Gasteiger partial charge is 0.223 e. The Morgan fingerprint density at radius 1 is 1.28 bits per heavy atom. The monoisotopic (exact) mass is 393 g/mol. The van der Waals surface area contributed by atoms with Gasteiger partial charge < -0.3 is 10.6 Å². The second-order valence-electron chi connectivity index (χ2n) is 6.02. The van der Waals surface area contributed by atoms with E-state index < -0.39 is 21.6 Å². The van der Waals surface area contributed by atoms with Gasteiger partial charge in [0.05, 0.1) is 10.6 Å². The van der Waals surface area contributed by atoms with Gasteiger partial charge in [-0.2, -0.15) is 0 Å². The van der Waals surface area contributed by atoms with Crippen LogP contribution in [0.4, 0.5) is 4.39 Å². The molecule has 1 heterocycles. The minimum absolute atomic E-state index is 0. The lowest BCUT2D eigenvalue weighted by atomic mass is 10.2. The molecule has 0 spiro atoms. The average Bonchev–Trinajstić information content (AvgIpc) is 2.55. The lowest BCUT2D eigenvalue weighted by Crippen LogP contribution is -2.46. The molecule has 2 rings (SSSR count). The SMILES string of the molecule is CC(CS(=O)(=O)c1ccc(F)cc1)C(=O)NCCN1CCNCC1.Cl. The van der Waals surface area contributed by atoms with Gasteiger partial charge in [0.2, 0.25) is 5.91 Å². The molecule has 0 radical (unpaired) electrons. The second-order valence-corrected chi connectivity index (χ2v) is 8.05. The van der Waals surface area contributed by atoms with Crippen molar-refractivity contribution in [1.29, 1.82) is 0 Å². The van der Waals surface area contributed by atoms with E-state index in [0.717, 1.165) is 44.9 Å². The molecule has 25 heavy (non-hydrogen) atoms. The second kappa shape index (κ2) is 10.1. The number of piperazine rings is 1. The number of hydrogen-bond acceptors (Lipinski definition) is 5. The zero-order chi connectivity index (χ0) is 17.6. The van der Waals surface area contributed by atoms with Crippen LogP contribution in [0, 0.1) is 11.7 Å². The standard InChI is InChI=1S/C16H24FN3O3S.ClH/c1-13(12-24(22,23)15-4-2-14(17)3-5-15)16(21)19-8-11-20-9-6-18-7-10-20;/h2-5,13,18H,6-12H2,1H3,(H,19,21);1H. The van der Waals surface area contributed by atoms with E-state index in [1.165, 1.54) is 12.1 Å². The molecule has 1 saturated heterocycles. The Morgan fingerprint density at radius 3 is 2.48 bits per heavy atom. The molecule has 0 aromatic heterocycles. The van der Waals surface area contributed by atoms with Crippen molar-refractivity contribution in [3.8, 4) is 0 Å². The predicted molar refractivity (Wildman–Crippen MR) is 97.2 cm³/mol. The van der Waals surface area contributed by atoms with Gasteiger partial charge >= 0.3 is 0 Å². The Bertz CT molecular complexity index is 649. The van der Waals surface area contributed by atoms with E-state index in [9.17, 15) is 17.6 Å². The summed E-state index contributed by atoms with van der Waals surface area (Å²) in [7, 11) is -3.61. The van der Waals surface area contributed by atoms with E-state index in [-0.39, 0.29) is 29.0 Å². The maximum Gasteiger partial charge on any atom is 0.223 e. The van der Waals surface area contributed by atoms with Gasteiger partial charge in [-0.15, -0.1) is 12.4 Å². The zero-order valence-electron chi connectivity index (χ0n) is 14.2. The summed E-state index contributed by atoms with van der Waals surface area (Å²) in [5, 5.41) is 6.05. The molecular weight excluding hydrogens is 369 g/mol. The fourth-order valence-corrected chi connectivity index (χ4v) is 4.14. The number of carbonyl (C=O) groups excluding carboxylic acids is 1. The number of sulfone groups is 1. The van der Waals surface area contributed by atoms with Crippen molar-refractivity contribution in [3.63, 3.8) is 0 Å². The zero-order valence-corrected chi connectivity index (χ0v) is 15.8. The number of carbonyl (C=O) groups is 1. The summed E-state index contributed by atoms with van der Waals surface area (Å²) in [6.07, 6.45) is 0. The number of amides is 1. The van der Waals surface area contributed by atoms with Crippen LogP contribution in [0.15, 0.2) is 29.2 Å². The van der Waals surface area contributed by atoms with Crippen LogP contribution in [-0.4, -0.2) is 64.2 Å². The number of nitrogens with one attached hydrogen (secondary N) is 2. The van der Waals surface area contributed by atoms with E-state index >= 15 is 0 Å². The van der Waals surface area contributed by atoms with Gasteiger partial charge in [0, 0.05) is 45.2 Å². The molecule has 1 unspecified atom stereocenters. The normalized spacial score (nSPS) is 16.7. The van der Waals surface area contributed by atoms with Gasteiger partial charge in [0.25, 0.3) is 0 Å². The summed E-state index contributed by atoms with van der Waals surface area (Å²) in [6, 6.07) is 4.65. The van der Waals surface area contributed by atoms with Crippen LogP contribution >= 0.6 is 12.4 Å². The predicted octanol–water partition coefficient (Wildman–Crippen LogP) is 0.679. The molecule has 1 fully saturated rings. The van der Waals surface area contributed by atoms with Crippen LogP contribution in [0.5, 0.6) is 0 Å². The van der Waals surface area contributed by atoms with Crippen molar-refractivity contribution in [1.82, 2.24) is 15.5 Å². The highest BCUT2D eigenvalue weighted by molar-refractivity contribution is 7.91. The molecular formula is C16H25ClFN3O3S. The lowest BCUT2D eigenvalue weighted by molar-refractivity contribution is -0.123. The van der Waals surface area contributed by atoms with E-state index in [2.05, 4.69) is 15.5 Å². The first-order valence-electron chi connectivity index (χ1n) is 8.07. The van der Waals surface area contributed by atoms with E-state index in [1.807, 2.05) is 0 Å². The van der Waals surface area contributed by atoms with Crippen LogP contribution in [-0.2, 0) is 14.6 Å². The summed E-state index contributed by atoms with van der Waals surface area (Å²) >= 11 is 0. The van der Waals surface area contributed by atoms with Gasteiger partial charge in [0.15, 0.2) is 9.84 Å². The van der Waals surface area contributed by atoms with Gasteiger partial charge in [-0.05, 0) is 24.3 Å². The highest BCUT2D eigenvalue weighted by atomic mass is 35.5. The molecule has 142 valence electrons. The number of rotatable bonds is 7. The van der Waals surface area contributed by atoms with Crippen LogP contribution in [0.1, 0.15) is 6.92 Å². The summed E-state index contributed by atoms with van der Waals surface area (Å²) < 4.78 is 37.4. The number of benzene rings is 1. The van der Waals surface area contributed by atoms with Crippen molar-refractivity contribution < 1.29 is 17.6 Å². The average molecular weight is 394 g/mol. The highest BCUT2D eigenvalue weighted by Gasteiger charge is 2.23. The molecule has 1 aromatic carbocycles. The Hall–Kier alpha value is -1.22. The summed E-state index contributed by atoms with van der Waals surface area (Å²) in [4.78, 5) is 14.4. The van der Waals surface area contributed by atoms with Crippen molar-refractivity contribution in [3.05, 3.63) is 30.1 Å². The van der Waals surface area contributed by atoms with Crippen molar-refractivity contribution in [2.45, 2.75) is 11.8 Å². The maximum absolute atomic E-state index is 12.9. The fraction of sp³-hybridized carbons (Fsp3) is 0.562. The van der Waals surface area contributed by atoms with Crippen LogP contribution in [0.2, 0.25) is 0 Å². The van der Waals surface area contributed by atoms with Crippen LogP contribution < -0.4 is 10.6 Å². The molecule has 1 aliphatic heterocycles. The molecule has 1 atom stereocenters. The minimum Gasteiger partial charge on any atom is -0.355 e. The van der Waals surface area contributed by atoms with Crippen molar-refractivity contribution in [2.75, 3.05) is 45.0 Å². The Labute approximate surface area is 154 Å². The molecule has 1 aliphatic rings. The molecule has 0 aliphatic carbocycles. The molecule has 2 N–H and O–H groups in total. The summed E-state index contributed by atoms with van der Waals surface area (Å²) in [5.41, 5.74) is 0. The van der Waals surface area contributed by atoms with E-state index in [1.54, 1.807) is 6.92 Å². The van der Waals surface area contributed by atoms with Crippen LogP contribution in [0.3, 0.4) is 0 Å².